The zero-order valence-corrected chi connectivity index (χ0v) is 17.4. The Morgan fingerprint density at radius 3 is 2.50 bits per heavy atom. The van der Waals surface area contributed by atoms with Gasteiger partial charge in [0.1, 0.15) is 5.75 Å². The molecule has 3 aromatic rings. The zero-order valence-electron chi connectivity index (χ0n) is 15.8. The summed E-state index contributed by atoms with van der Waals surface area (Å²) in [5, 5.41) is 4.60. The Morgan fingerprint density at radius 1 is 1.03 bits per heavy atom. The van der Waals surface area contributed by atoms with E-state index < -0.39 is 16.0 Å². The number of carbonyl (C=O) groups is 2. The van der Waals surface area contributed by atoms with Crippen LogP contribution in [0.2, 0.25) is 0 Å². The molecule has 0 spiro atoms. The predicted octanol–water partition coefficient (Wildman–Crippen LogP) is 3.76. The van der Waals surface area contributed by atoms with Crippen LogP contribution in [0.4, 0.5) is 11.4 Å². The predicted molar refractivity (Wildman–Crippen MR) is 116 cm³/mol. The van der Waals surface area contributed by atoms with Crippen LogP contribution >= 0.6 is 11.3 Å². The average Bonchev–Trinajstić information content (AvgIpc) is 3.39. The minimum absolute atomic E-state index is 0.108. The molecule has 1 fully saturated rings. The Hall–Kier alpha value is -3.17. The number of nitrogens with one attached hydrogen (secondary N) is 1. The van der Waals surface area contributed by atoms with E-state index in [1.165, 1.54) is 21.7 Å². The normalized spacial score (nSPS) is 15.0. The van der Waals surface area contributed by atoms with E-state index in [9.17, 15) is 18.0 Å². The van der Waals surface area contributed by atoms with Crippen molar-refractivity contribution in [2.75, 3.05) is 21.9 Å². The molecule has 0 unspecified atom stereocenters. The molecule has 1 saturated heterocycles. The molecular weight excluding hydrogens is 424 g/mol. The molecule has 154 valence electrons. The monoisotopic (exact) mass is 442 g/mol. The number of carbonyl (C=O) groups excluding carboxylic acids is 2. The maximum Gasteiger partial charge on any atom is 0.343 e. The van der Waals surface area contributed by atoms with Gasteiger partial charge in [-0.25, -0.2) is 13.2 Å². The van der Waals surface area contributed by atoms with Crippen molar-refractivity contribution in [3.05, 3.63) is 76.5 Å². The summed E-state index contributed by atoms with van der Waals surface area (Å²) in [6.45, 7) is 0.402. The second kappa shape index (κ2) is 8.29. The Morgan fingerprint density at radius 2 is 1.83 bits per heavy atom. The van der Waals surface area contributed by atoms with E-state index in [-0.39, 0.29) is 17.2 Å². The molecule has 0 aliphatic carbocycles. The number of rotatable bonds is 5. The van der Waals surface area contributed by atoms with Crippen LogP contribution in [0.15, 0.2) is 66.0 Å². The molecule has 0 bridgehead atoms. The third-order valence-electron chi connectivity index (χ3n) is 4.54. The van der Waals surface area contributed by atoms with Crippen molar-refractivity contribution in [3.8, 4) is 5.75 Å². The number of ether oxygens (including phenoxy) is 1. The van der Waals surface area contributed by atoms with Gasteiger partial charge in [-0.05, 0) is 60.3 Å². The van der Waals surface area contributed by atoms with Crippen LogP contribution in [0.5, 0.6) is 5.75 Å². The lowest BCUT2D eigenvalue weighted by Gasteiger charge is -2.17. The van der Waals surface area contributed by atoms with Gasteiger partial charge in [-0.1, -0.05) is 12.1 Å². The zero-order chi connectivity index (χ0) is 21.1. The van der Waals surface area contributed by atoms with Crippen LogP contribution in [-0.2, 0) is 10.0 Å². The number of hydrogen-bond donors (Lipinski definition) is 1. The van der Waals surface area contributed by atoms with Crippen molar-refractivity contribution in [2.24, 2.45) is 0 Å². The fourth-order valence-corrected chi connectivity index (χ4v) is 5.27. The van der Waals surface area contributed by atoms with Crippen LogP contribution in [0.1, 0.15) is 26.5 Å². The fourth-order valence-electron chi connectivity index (χ4n) is 3.09. The van der Waals surface area contributed by atoms with Crippen molar-refractivity contribution in [2.45, 2.75) is 6.42 Å². The number of hydrogen-bond acceptors (Lipinski definition) is 6. The summed E-state index contributed by atoms with van der Waals surface area (Å²) in [4.78, 5) is 25.2. The van der Waals surface area contributed by atoms with Gasteiger partial charge in [0.05, 0.1) is 21.9 Å². The first kappa shape index (κ1) is 20.1. The van der Waals surface area contributed by atoms with Crippen molar-refractivity contribution >= 4 is 44.6 Å². The summed E-state index contributed by atoms with van der Waals surface area (Å²) in [6.07, 6.45) is 0.562. The lowest BCUT2D eigenvalue weighted by Crippen LogP contribution is -2.25. The second-order valence-corrected chi connectivity index (χ2v) is 9.60. The van der Waals surface area contributed by atoms with E-state index in [1.54, 1.807) is 54.6 Å². The van der Waals surface area contributed by atoms with Crippen molar-refractivity contribution < 1.29 is 22.7 Å². The van der Waals surface area contributed by atoms with Crippen LogP contribution < -0.4 is 14.4 Å². The lowest BCUT2D eigenvalue weighted by molar-refractivity contribution is 0.0734. The standard InChI is InChI=1S/C21H18N2O5S2/c24-20(19-6-2-12-29-19)22-16-7-9-18(10-8-16)28-21(25)15-4-1-5-17(14-15)23-11-3-13-30(23,26)27/h1-2,4-10,12,14H,3,11,13H2,(H,22,24). The smallest absolute Gasteiger partial charge is 0.343 e. The Labute approximate surface area is 178 Å². The van der Waals surface area contributed by atoms with Crippen molar-refractivity contribution in [1.29, 1.82) is 0 Å². The average molecular weight is 443 g/mol. The lowest BCUT2D eigenvalue weighted by atomic mass is 10.2. The van der Waals surface area contributed by atoms with Crippen molar-refractivity contribution in [3.63, 3.8) is 0 Å². The van der Waals surface area contributed by atoms with Gasteiger partial charge in [0, 0.05) is 12.2 Å². The second-order valence-electron chi connectivity index (χ2n) is 6.64. The molecule has 0 saturated carbocycles. The quantitative estimate of drug-likeness (QED) is 0.480. The fraction of sp³-hybridized carbons (Fsp3) is 0.143. The van der Waals surface area contributed by atoms with Crippen LogP contribution in [0, 0.1) is 0 Å². The van der Waals surface area contributed by atoms with Gasteiger partial charge >= 0.3 is 5.97 Å². The molecule has 9 heteroatoms. The molecule has 2 heterocycles. The third kappa shape index (κ3) is 4.37. The Bertz CT molecular complexity index is 1170. The summed E-state index contributed by atoms with van der Waals surface area (Å²) in [5.41, 5.74) is 1.28. The molecule has 1 aromatic heterocycles. The number of thiophene rings is 1. The van der Waals surface area contributed by atoms with E-state index >= 15 is 0 Å². The highest BCUT2D eigenvalue weighted by atomic mass is 32.2. The van der Waals surface area contributed by atoms with Crippen LogP contribution in [0.3, 0.4) is 0 Å². The molecular formula is C21H18N2O5S2. The molecule has 0 radical (unpaired) electrons. The minimum Gasteiger partial charge on any atom is -0.423 e. The van der Waals surface area contributed by atoms with E-state index in [1.807, 2.05) is 5.38 Å². The van der Waals surface area contributed by atoms with Gasteiger partial charge in [-0.3, -0.25) is 9.10 Å². The Kier molecular flexibility index (Phi) is 5.56. The molecule has 0 atom stereocenters. The van der Waals surface area contributed by atoms with Gasteiger partial charge in [0.15, 0.2) is 0 Å². The molecule has 1 aliphatic rings. The first-order valence-electron chi connectivity index (χ1n) is 9.20. The summed E-state index contributed by atoms with van der Waals surface area (Å²) >= 11 is 1.35. The number of nitrogens with zero attached hydrogens (tertiary/aromatic N) is 1. The summed E-state index contributed by atoms with van der Waals surface area (Å²) in [6, 6.07) is 16.3. The number of benzene rings is 2. The third-order valence-corrected chi connectivity index (χ3v) is 7.27. The molecule has 4 rings (SSSR count). The maximum absolute atomic E-state index is 12.5. The van der Waals surface area contributed by atoms with Gasteiger partial charge in [0.2, 0.25) is 10.0 Å². The van der Waals surface area contributed by atoms with Gasteiger partial charge < -0.3 is 10.1 Å². The first-order valence-corrected chi connectivity index (χ1v) is 11.7. The highest BCUT2D eigenvalue weighted by Gasteiger charge is 2.28. The highest BCUT2D eigenvalue weighted by Crippen LogP contribution is 2.25. The number of anilines is 2. The molecule has 7 nitrogen and oxygen atoms in total. The van der Waals surface area contributed by atoms with Crippen molar-refractivity contribution in [1.82, 2.24) is 0 Å². The summed E-state index contributed by atoms with van der Waals surface area (Å²) in [7, 11) is -3.33. The largest absolute Gasteiger partial charge is 0.423 e. The highest BCUT2D eigenvalue weighted by molar-refractivity contribution is 7.93. The van der Waals surface area contributed by atoms with E-state index in [4.69, 9.17) is 4.74 Å². The first-order chi connectivity index (χ1) is 14.4. The van der Waals surface area contributed by atoms with E-state index in [0.717, 1.165) is 0 Å². The summed E-state index contributed by atoms with van der Waals surface area (Å²) < 4.78 is 30.9. The van der Waals surface area contributed by atoms with E-state index in [2.05, 4.69) is 5.32 Å². The maximum atomic E-state index is 12.5. The van der Waals surface area contributed by atoms with Gasteiger partial charge in [-0.2, -0.15) is 0 Å². The van der Waals surface area contributed by atoms with E-state index in [0.29, 0.717) is 35.0 Å². The number of esters is 1. The molecule has 30 heavy (non-hydrogen) atoms. The number of sulfonamides is 1. The molecule has 2 aromatic carbocycles. The molecule has 1 aliphatic heterocycles. The summed E-state index contributed by atoms with van der Waals surface area (Å²) in [5.74, 6) is -0.377. The Balaban J connectivity index is 1.43. The molecule has 1 N–H and O–H groups in total. The van der Waals surface area contributed by atoms with Gasteiger partial charge in [0.25, 0.3) is 5.91 Å². The number of amides is 1. The van der Waals surface area contributed by atoms with Gasteiger partial charge in [-0.15, -0.1) is 11.3 Å². The SMILES string of the molecule is O=C(Oc1ccc(NC(=O)c2cccs2)cc1)c1cccc(N2CCCS2(=O)=O)c1. The van der Waals surface area contributed by atoms with Crippen LogP contribution in [0.25, 0.3) is 0 Å². The van der Waals surface area contributed by atoms with Crippen LogP contribution in [-0.4, -0.2) is 32.6 Å². The molecule has 1 amide bonds. The minimum atomic E-state index is -3.33. The topological polar surface area (TPSA) is 92.8 Å².